The summed E-state index contributed by atoms with van der Waals surface area (Å²) in [5.74, 6) is -0.495. The van der Waals surface area contributed by atoms with Gasteiger partial charge in [0.2, 0.25) is 0 Å². The summed E-state index contributed by atoms with van der Waals surface area (Å²) < 4.78 is 13.2. The number of benzene rings is 2. The SMILES string of the molecule is CONOCCCCC=Nc1cc(C(=O)NC(C)C2=CC=CCC=C2)ccc1N=Cc1ccc(F)cc1. The van der Waals surface area contributed by atoms with Crippen LogP contribution < -0.4 is 11.0 Å². The number of unbranched alkanes of at least 4 members (excludes halogenated alkanes) is 2. The topological polar surface area (TPSA) is 84.3 Å². The summed E-state index contributed by atoms with van der Waals surface area (Å²) in [7, 11) is 1.49. The van der Waals surface area contributed by atoms with Crippen molar-refractivity contribution in [2.75, 3.05) is 13.7 Å². The van der Waals surface area contributed by atoms with Gasteiger partial charge in [0.15, 0.2) is 0 Å². The molecule has 0 saturated carbocycles. The molecule has 0 bridgehead atoms. The predicted molar refractivity (Wildman–Crippen MR) is 146 cm³/mol. The Labute approximate surface area is 217 Å². The Morgan fingerprint density at radius 2 is 1.95 bits per heavy atom. The second-order valence-corrected chi connectivity index (χ2v) is 8.38. The van der Waals surface area contributed by atoms with Crippen LogP contribution in [0.25, 0.3) is 0 Å². The van der Waals surface area contributed by atoms with Crippen molar-refractivity contribution in [3.05, 3.63) is 95.4 Å². The highest BCUT2D eigenvalue weighted by molar-refractivity contribution is 5.97. The minimum atomic E-state index is -0.304. The minimum absolute atomic E-state index is 0.149. The van der Waals surface area contributed by atoms with Crippen LogP contribution >= 0.6 is 0 Å². The fraction of sp³-hybridized carbons (Fsp3) is 0.276. The summed E-state index contributed by atoms with van der Waals surface area (Å²) in [6.45, 7) is 2.48. The summed E-state index contributed by atoms with van der Waals surface area (Å²) in [6, 6.07) is 11.2. The van der Waals surface area contributed by atoms with Gasteiger partial charge in [-0.3, -0.25) is 24.5 Å². The number of halogens is 1. The van der Waals surface area contributed by atoms with Gasteiger partial charge in [0.1, 0.15) is 5.82 Å². The fourth-order valence-corrected chi connectivity index (χ4v) is 3.49. The van der Waals surface area contributed by atoms with Crippen LogP contribution in [0.4, 0.5) is 15.8 Å². The number of aliphatic imine (C=N–C) groups is 2. The third-order valence-electron chi connectivity index (χ3n) is 5.52. The summed E-state index contributed by atoms with van der Waals surface area (Å²) in [6.07, 6.45) is 16.9. The number of hydrogen-bond acceptors (Lipinski definition) is 6. The number of carbonyl (C=O) groups excluding carboxylic acids is 1. The van der Waals surface area contributed by atoms with Crippen LogP contribution in [0.3, 0.4) is 0 Å². The van der Waals surface area contributed by atoms with Crippen LogP contribution in [0, 0.1) is 5.82 Å². The van der Waals surface area contributed by atoms with Gasteiger partial charge in [0, 0.05) is 18.0 Å². The Hall–Kier alpha value is -3.72. The van der Waals surface area contributed by atoms with Gasteiger partial charge in [0.05, 0.1) is 31.1 Å². The van der Waals surface area contributed by atoms with Crippen LogP contribution in [-0.4, -0.2) is 38.1 Å². The molecule has 2 aromatic carbocycles. The Kier molecular flexibility index (Phi) is 11.6. The molecule has 0 heterocycles. The lowest BCUT2D eigenvalue weighted by molar-refractivity contribution is -0.151. The third kappa shape index (κ3) is 9.69. The summed E-state index contributed by atoms with van der Waals surface area (Å²) in [5.41, 5.74) is 5.81. The average molecular weight is 505 g/mol. The first-order valence-electron chi connectivity index (χ1n) is 12.3. The Morgan fingerprint density at radius 1 is 1.11 bits per heavy atom. The summed E-state index contributed by atoms with van der Waals surface area (Å²) in [4.78, 5) is 31.8. The number of nitrogens with one attached hydrogen (secondary N) is 2. The zero-order valence-electron chi connectivity index (χ0n) is 21.2. The lowest BCUT2D eigenvalue weighted by Gasteiger charge is -2.15. The third-order valence-corrected chi connectivity index (χ3v) is 5.52. The zero-order chi connectivity index (χ0) is 26.3. The zero-order valence-corrected chi connectivity index (χ0v) is 21.2. The number of rotatable bonds is 13. The molecule has 1 aliphatic carbocycles. The molecule has 1 amide bonds. The van der Waals surface area contributed by atoms with Gasteiger partial charge >= 0.3 is 0 Å². The van der Waals surface area contributed by atoms with Crippen molar-refractivity contribution in [3.63, 3.8) is 0 Å². The minimum Gasteiger partial charge on any atom is -0.346 e. The molecule has 0 saturated heterocycles. The molecule has 1 aliphatic rings. The quantitative estimate of drug-likeness (QED) is 0.196. The maximum Gasteiger partial charge on any atom is 0.251 e. The van der Waals surface area contributed by atoms with Crippen LogP contribution in [0.15, 0.2) is 88.4 Å². The van der Waals surface area contributed by atoms with E-state index in [0.717, 1.165) is 36.8 Å². The van der Waals surface area contributed by atoms with E-state index < -0.39 is 0 Å². The first-order valence-corrected chi connectivity index (χ1v) is 12.3. The van der Waals surface area contributed by atoms with Crippen molar-refractivity contribution in [1.29, 1.82) is 0 Å². The molecule has 1 unspecified atom stereocenters. The molecule has 2 N–H and O–H groups in total. The monoisotopic (exact) mass is 504 g/mol. The van der Waals surface area contributed by atoms with Gasteiger partial charge in [-0.2, -0.15) is 0 Å². The smallest absolute Gasteiger partial charge is 0.251 e. The van der Waals surface area contributed by atoms with E-state index in [4.69, 9.17) is 4.84 Å². The molecular formula is C29H33FN4O3. The Bertz CT molecular complexity index is 1170. The van der Waals surface area contributed by atoms with Crippen molar-refractivity contribution in [2.45, 2.75) is 38.6 Å². The average Bonchev–Trinajstić information content (AvgIpc) is 3.20. The van der Waals surface area contributed by atoms with E-state index in [0.29, 0.717) is 23.5 Å². The predicted octanol–water partition coefficient (Wildman–Crippen LogP) is 6.09. The Morgan fingerprint density at radius 3 is 2.76 bits per heavy atom. The number of carbonyl (C=O) groups is 1. The van der Waals surface area contributed by atoms with Gasteiger partial charge in [-0.1, -0.05) is 48.2 Å². The number of nitrogens with zero attached hydrogens (tertiary/aromatic N) is 2. The van der Waals surface area contributed by atoms with Gasteiger partial charge in [-0.25, -0.2) is 4.39 Å². The van der Waals surface area contributed by atoms with Crippen molar-refractivity contribution in [2.24, 2.45) is 9.98 Å². The molecule has 0 aromatic heterocycles. The highest BCUT2D eigenvalue weighted by Gasteiger charge is 2.14. The van der Waals surface area contributed by atoms with Crippen molar-refractivity contribution in [1.82, 2.24) is 11.0 Å². The first-order chi connectivity index (χ1) is 18.1. The maximum atomic E-state index is 13.2. The van der Waals surface area contributed by atoms with Crippen molar-refractivity contribution in [3.8, 4) is 0 Å². The molecule has 8 heteroatoms. The molecule has 0 fully saturated rings. The van der Waals surface area contributed by atoms with Gasteiger partial charge in [-0.15, -0.1) is 0 Å². The normalized spacial score (nSPS) is 14.2. The highest BCUT2D eigenvalue weighted by atomic mass is 19.1. The molecule has 0 aliphatic heterocycles. The molecule has 0 radical (unpaired) electrons. The molecular weight excluding hydrogens is 471 g/mol. The number of amides is 1. The second-order valence-electron chi connectivity index (χ2n) is 8.38. The lowest BCUT2D eigenvalue weighted by Crippen LogP contribution is -2.33. The molecule has 1 atom stereocenters. The molecule has 37 heavy (non-hydrogen) atoms. The molecule has 2 aromatic rings. The van der Waals surface area contributed by atoms with Crippen LogP contribution in [-0.2, 0) is 9.68 Å². The van der Waals surface area contributed by atoms with E-state index in [1.54, 1.807) is 36.5 Å². The van der Waals surface area contributed by atoms with E-state index in [2.05, 4.69) is 37.9 Å². The van der Waals surface area contributed by atoms with E-state index in [1.807, 2.05) is 31.4 Å². The number of hydrogen-bond donors (Lipinski definition) is 2. The molecule has 0 spiro atoms. The van der Waals surface area contributed by atoms with E-state index >= 15 is 0 Å². The maximum absolute atomic E-state index is 13.2. The van der Waals surface area contributed by atoms with E-state index in [9.17, 15) is 9.18 Å². The fourth-order valence-electron chi connectivity index (χ4n) is 3.49. The summed E-state index contributed by atoms with van der Waals surface area (Å²) in [5, 5.41) is 3.06. The van der Waals surface area contributed by atoms with Crippen LogP contribution in [0.2, 0.25) is 0 Å². The van der Waals surface area contributed by atoms with Gasteiger partial charge < -0.3 is 5.32 Å². The lowest BCUT2D eigenvalue weighted by atomic mass is 10.1. The molecule has 7 nitrogen and oxygen atoms in total. The summed E-state index contributed by atoms with van der Waals surface area (Å²) >= 11 is 0. The van der Waals surface area contributed by atoms with E-state index in [-0.39, 0.29) is 17.8 Å². The molecule has 3 rings (SSSR count). The van der Waals surface area contributed by atoms with Crippen LogP contribution in [0.5, 0.6) is 0 Å². The van der Waals surface area contributed by atoms with Crippen molar-refractivity contribution < 1.29 is 18.9 Å². The Balaban J connectivity index is 1.73. The van der Waals surface area contributed by atoms with Crippen molar-refractivity contribution >= 4 is 29.7 Å². The van der Waals surface area contributed by atoms with Gasteiger partial charge in [-0.05, 0) is 74.1 Å². The number of allylic oxidation sites excluding steroid dienone is 4. The second kappa shape index (κ2) is 15.4. The van der Waals surface area contributed by atoms with Gasteiger partial charge in [0.25, 0.3) is 5.91 Å². The van der Waals surface area contributed by atoms with E-state index in [1.165, 1.54) is 19.2 Å². The largest absolute Gasteiger partial charge is 0.346 e. The molecule has 194 valence electrons. The standard InChI is InChI=1S/C29H33FN4O3/c1-22(24-10-6-3-4-7-11-24)33-29(35)25-14-17-27(32-21-23-12-15-26(30)16-13-23)28(20-25)31-18-8-5-9-19-37-34-36-2/h3,6-7,10-18,20-22,34H,4-5,8-9,19H2,1-2H3,(H,33,35). The first kappa shape index (κ1) is 27.9. The van der Waals surface area contributed by atoms with Crippen LogP contribution in [0.1, 0.15) is 48.5 Å². The highest BCUT2D eigenvalue weighted by Crippen LogP contribution is 2.29.